The molecule has 0 spiro atoms. The molecule has 0 saturated heterocycles. The minimum Gasteiger partial charge on any atom is -0.493 e. The maximum Gasteiger partial charge on any atom is 0.335 e. The summed E-state index contributed by atoms with van der Waals surface area (Å²) in [6.07, 6.45) is 0.411. The molecule has 6 nitrogen and oxygen atoms in total. The summed E-state index contributed by atoms with van der Waals surface area (Å²) in [4.78, 5) is 31.9. The van der Waals surface area contributed by atoms with Crippen LogP contribution in [0, 0.1) is 6.92 Å². The zero-order valence-electron chi connectivity index (χ0n) is 17.1. The third-order valence-electron chi connectivity index (χ3n) is 4.89. The van der Waals surface area contributed by atoms with Crippen LogP contribution in [-0.2, 0) is 0 Å². The predicted molar refractivity (Wildman–Crippen MR) is 116 cm³/mol. The van der Waals surface area contributed by atoms with E-state index in [1.165, 1.54) is 5.56 Å². The first-order valence-corrected chi connectivity index (χ1v) is 9.65. The second-order valence-corrected chi connectivity index (χ2v) is 7.24. The van der Waals surface area contributed by atoms with Crippen LogP contribution in [-0.4, -0.2) is 20.4 Å². The molecule has 0 atom stereocenters. The lowest BCUT2D eigenvalue weighted by atomic mass is 10.0. The normalized spacial score (nSPS) is 11.8. The van der Waals surface area contributed by atoms with Gasteiger partial charge in [-0.15, -0.1) is 0 Å². The molecule has 3 aromatic rings. The van der Waals surface area contributed by atoms with Crippen molar-refractivity contribution in [3.63, 3.8) is 0 Å². The zero-order valence-corrected chi connectivity index (χ0v) is 17.1. The van der Waals surface area contributed by atoms with Crippen LogP contribution in [0.15, 0.2) is 63.1 Å². The Hall–Kier alpha value is -3.41. The molecular formula is C23H25N3O3. The van der Waals surface area contributed by atoms with Crippen LogP contribution in [0.1, 0.15) is 49.8 Å². The van der Waals surface area contributed by atoms with Gasteiger partial charge < -0.3 is 5.11 Å². The SMILES string of the molecule is CCC(=Nc1ccc(C(C)C)cc1)c1c(O)n(-c2ccccc2C)c(=O)[nH]c1=O. The minimum atomic E-state index is -0.692. The lowest BCUT2D eigenvalue weighted by molar-refractivity contribution is 0.429. The molecule has 29 heavy (non-hydrogen) atoms. The van der Waals surface area contributed by atoms with Crippen molar-refractivity contribution in [3.05, 3.63) is 86.1 Å². The highest BCUT2D eigenvalue weighted by molar-refractivity contribution is 6.03. The van der Waals surface area contributed by atoms with Gasteiger partial charge in [0.2, 0.25) is 5.88 Å². The van der Waals surface area contributed by atoms with E-state index in [0.717, 1.165) is 10.1 Å². The number of para-hydroxylation sites is 1. The molecule has 0 unspecified atom stereocenters. The highest BCUT2D eigenvalue weighted by Crippen LogP contribution is 2.24. The molecule has 0 amide bonds. The number of H-pyrrole nitrogens is 1. The first-order chi connectivity index (χ1) is 13.8. The number of aromatic amines is 1. The van der Waals surface area contributed by atoms with Crippen LogP contribution >= 0.6 is 0 Å². The largest absolute Gasteiger partial charge is 0.493 e. The topological polar surface area (TPSA) is 87.4 Å². The monoisotopic (exact) mass is 391 g/mol. The van der Waals surface area contributed by atoms with E-state index < -0.39 is 17.1 Å². The van der Waals surface area contributed by atoms with Crippen LogP contribution in [0.3, 0.4) is 0 Å². The first-order valence-electron chi connectivity index (χ1n) is 9.65. The molecule has 0 aliphatic carbocycles. The number of hydrogen-bond acceptors (Lipinski definition) is 4. The first kappa shape index (κ1) is 20.3. The third kappa shape index (κ3) is 4.06. The van der Waals surface area contributed by atoms with Gasteiger partial charge in [-0.2, -0.15) is 0 Å². The lowest BCUT2D eigenvalue weighted by Gasteiger charge is -2.14. The van der Waals surface area contributed by atoms with E-state index in [0.29, 0.717) is 29.4 Å². The second kappa shape index (κ2) is 8.31. The Balaban J connectivity index is 2.18. The summed E-state index contributed by atoms with van der Waals surface area (Å²) in [5.41, 5.74) is 2.23. The summed E-state index contributed by atoms with van der Waals surface area (Å²) in [5.74, 6) is -0.00400. The van der Waals surface area contributed by atoms with Crippen molar-refractivity contribution in [2.24, 2.45) is 4.99 Å². The van der Waals surface area contributed by atoms with Crippen LogP contribution in [0.4, 0.5) is 5.69 Å². The molecule has 0 radical (unpaired) electrons. The van der Waals surface area contributed by atoms with Crippen molar-refractivity contribution < 1.29 is 5.11 Å². The summed E-state index contributed by atoms with van der Waals surface area (Å²) in [7, 11) is 0. The Bertz CT molecular complexity index is 1170. The molecular weight excluding hydrogens is 366 g/mol. The number of benzene rings is 2. The minimum absolute atomic E-state index is 0.00305. The average molecular weight is 391 g/mol. The van der Waals surface area contributed by atoms with E-state index in [1.807, 2.05) is 50.2 Å². The number of aromatic hydroxyl groups is 1. The molecule has 3 rings (SSSR count). The fraction of sp³-hybridized carbons (Fsp3) is 0.261. The fourth-order valence-corrected chi connectivity index (χ4v) is 3.22. The summed E-state index contributed by atoms with van der Waals surface area (Å²) in [5, 5.41) is 10.9. The summed E-state index contributed by atoms with van der Waals surface area (Å²) >= 11 is 0. The van der Waals surface area contributed by atoms with Gasteiger partial charge in [-0.25, -0.2) is 9.36 Å². The van der Waals surface area contributed by atoms with E-state index in [-0.39, 0.29) is 5.56 Å². The van der Waals surface area contributed by atoms with Gasteiger partial charge in [-0.05, 0) is 48.6 Å². The van der Waals surface area contributed by atoms with Crippen LogP contribution in [0.25, 0.3) is 5.69 Å². The fourth-order valence-electron chi connectivity index (χ4n) is 3.22. The van der Waals surface area contributed by atoms with Gasteiger partial charge >= 0.3 is 5.69 Å². The highest BCUT2D eigenvalue weighted by atomic mass is 16.3. The molecule has 1 aromatic heterocycles. The van der Waals surface area contributed by atoms with E-state index in [9.17, 15) is 14.7 Å². The number of aromatic nitrogens is 2. The average Bonchev–Trinajstić information content (AvgIpc) is 2.68. The Morgan fingerprint density at radius 3 is 2.34 bits per heavy atom. The van der Waals surface area contributed by atoms with Gasteiger partial charge in [0.05, 0.1) is 17.1 Å². The van der Waals surface area contributed by atoms with Gasteiger partial charge in [0.15, 0.2) is 0 Å². The maximum atomic E-state index is 12.6. The predicted octanol–water partition coefficient (Wildman–Crippen LogP) is 4.19. The van der Waals surface area contributed by atoms with E-state index in [4.69, 9.17) is 0 Å². The van der Waals surface area contributed by atoms with Gasteiger partial charge in [-0.3, -0.25) is 14.8 Å². The van der Waals surface area contributed by atoms with Crippen molar-refractivity contribution in [1.29, 1.82) is 0 Å². The van der Waals surface area contributed by atoms with E-state index in [2.05, 4.69) is 23.8 Å². The molecule has 2 aromatic carbocycles. The lowest BCUT2D eigenvalue weighted by Crippen LogP contribution is -2.33. The number of nitrogens with one attached hydrogen (secondary N) is 1. The molecule has 0 fully saturated rings. The molecule has 1 heterocycles. The number of nitrogens with zero attached hydrogens (tertiary/aromatic N) is 2. The molecule has 0 aliphatic heterocycles. The molecule has 0 aliphatic rings. The van der Waals surface area contributed by atoms with Crippen LogP contribution < -0.4 is 11.2 Å². The second-order valence-electron chi connectivity index (χ2n) is 7.24. The molecule has 6 heteroatoms. The van der Waals surface area contributed by atoms with E-state index in [1.54, 1.807) is 12.1 Å². The Morgan fingerprint density at radius 1 is 1.10 bits per heavy atom. The Labute approximate surface area is 169 Å². The number of aliphatic imine (C=N–C) groups is 1. The summed E-state index contributed by atoms with van der Waals surface area (Å²) in [6.45, 7) is 7.91. The molecule has 150 valence electrons. The number of hydrogen-bond donors (Lipinski definition) is 2. The maximum absolute atomic E-state index is 12.6. The smallest absolute Gasteiger partial charge is 0.335 e. The van der Waals surface area contributed by atoms with Crippen molar-refractivity contribution >= 4 is 11.4 Å². The molecule has 0 saturated carbocycles. The van der Waals surface area contributed by atoms with Crippen LogP contribution in [0.2, 0.25) is 0 Å². The Morgan fingerprint density at radius 2 is 1.76 bits per heavy atom. The van der Waals surface area contributed by atoms with Crippen molar-refractivity contribution in [1.82, 2.24) is 9.55 Å². The van der Waals surface area contributed by atoms with Crippen LogP contribution in [0.5, 0.6) is 5.88 Å². The standard InChI is InChI=1S/C23H25N3O3/c1-5-18(24-17-12-10-16(11-13-17)14(2)3)20-21(27)25-23(29)26(22(20)28)19-9-7-6-8-15(19)4/h6-14,28H,5H2,1-4H3,(H,25,27,29). The van der Waals surface area contributed by atoms with Crippen molar-refractivity contribution in [2.45, 2.75) is 40.0 Å². The zero-order chi connectivity index (χ0) is 21.1. The number of rotatable bonds is 5. The molecule has 2 N–H and O–H groups in total. The van der Waals surface area contributed by atoms with Crippen molar-refractivity contribution in [2.75, 3.05) is 0 Å². The number of aryl methyl sites for hydroxylation is 1. The quantitative estimate of drug-likeness (QED) is 0.639. The Kier molecular flexibility index (Phi) is 5.82. The third-order valence-corrected chi connectivity index (χ3v) is 4.89. The van der Waals surface area contributed by atoms with Gasteiger partial charge in [0.25, 0.3) is 5.56 Å². The summed E-state index contributed by atoms with van der Waals surface area (Å²) < 4.78 is 1.11. The van der Waals surface area contributed by atoms with Gasteiger partial charge in [-0.1, -0.05) is 51.1 Å². The van der Waals surface area contributed by atoms with E-state index >= 15 is 0 Å². The molecule has 0 bridgehead atoms. The van der Waals surface area contributed by atoms with Crippen molar-refractivity contribution in [3.8, 4) is 11.6 Å². The highest BCUT2D eigenvalue weighted by Gasteiger charge is 2.20. The van der Waals surface area contributed by atoms with Gasteiger partial charge in [0, 0.05) is 0 Å². The van der Waals surface area contributed by atoms with Gasteiger partial charge in [0.1, 0.15) is 5.56 Å². The summed E-state index contributed by atoms with van der Waals surface area (Å²) in [6, 6.07) is 14.9.